The summed E-state index contributed by atoms with van der Waals surface area (Å²) in [5.74, 6) is 1.23. The Morgan fingerprint density at radius 3 is 2.46 bits per heavy atom. The van der Waals surface area contributed by atoms with E-state index in [2.05, 4.69) is 54.2 Å². The molecular formula is C34H38FN7O4. The van der Waals surface area contributed by atoms with Gasteiger partial charge in [0, 0.05) is 80.7 Å². The molecule has 2 N–H and O–H groups in total. The van der Waals surface area contributed by atoms with Crippen molar-refractivity contribution in [1.29, 1.82) is 0 Å². The Morgan fingerprint density at radius 2 is 1.70 bits per heavy atom. The quantitative estimate of drug-likeness (QED) is 0.168. The largest absolute Gasteiger partial charge is 0.495 e. The molecule has 2 aromatic carbocycles. The number of nitrogens with one attached hydrogen (secondary N) is 2. The number of anilines is 2. The number of aromatic nitrogens is 4. The van der Waals surface area contributed by atoms with Crippen molar-refractivity contribution in [2.45, 2.75) is 13.2 Å². The number of ether oxygens (including phenoxy) is 4. The Morgan fingerprint density at radius 1 is 0.870 bits per heavy atom. The third-order valence-corrected chi connectivity index (χ3v) is 7.88. The molecule has 4 heterocycles. The van der Waals surface area contributed by atoms with Crippen LogP contribution >= 0.6 is 0 Å². The summed E-state index contributed by atoms with van der Waals surface area (Å²) in [4.78, 5) is 21.5. The fourth-order valence-electron chi connectivity index (χ4n) is 5.31. The Labute approximate surface area is 267 Å². The van der Waals surface area contributed by atoms with Gasteiger partial charge < -0.3 is 34.1 Å². The number of halogens is 1. The zero-order valence-corrected chi connectivity index (χ0v) is 26.3. The van der Waals surface area contributed by atoms with Gasteiger partial charge in [-0.05, 0) is 42.9 Å². The zero-order valence-electron chi connectivity index (χ0n) is 26.3. The highest BCUT2D eigenvalue weighted by molar-refractivity contribution is 5.98. The normalized spacial score (nSPS) is 14.0. The molecule has 0 unspecified atom stereocenters. The summed E-state index contributed by atoms with van der Waals surface area (Å²) in [6.45, 7) is 6.08. The SMILES string of the molecule is COCCOc1nc(Nc2ccc(CN3CCN(C)CC3)cc2)nc2[nH]cc(-c3ccc(OCc4cncc(OC)c4)cc3F)c12. The standard InChI is InChI=1S/C34H38FN7O4/c1-41-10-12-42(13-11-41)21-23-4-6-25(7-5-23)38-34-39-32-31(33(40-34)45-15-14-43-2)29(20-37-32)28-9-8-26(17-30(28)35)46-22-24-16-27(44-3)19-36-18-24/h4-9,16-20H,10-15,21-22H2,1-3H3,(H2,37,38,39,40). The molecular weight excluding hydrogens is 589 g/mol. The maximum Gasteiger partial charge on any atom is 0.232 e. The van der Waals surface area contributed by atoms with Crippen LogP contribution in [-0.2, 0) is 17.9 Å². The van der Waals surface area contributed by atoms with E-state index in [1.165, 1.54) is 11.6 Å². The van der Waals surface area contributed by atoms with Crippen LogP contribution in [0.4, 0.5) is 16.0 Å². The van der Waals surface area contributed by atoms with Crippen LogP contribution in [-0.4, -0.2) is 90.4 Å². The third kappa shape index (κ3) is 7.53. The second-order valence-corrected chi connectivity index (χ2v) is 11.2. The molecule has 1 aliphatic heterocycles. The maximum absolute atomic E-state index is 15.5. The van der Waals surface area contributed by atoms with Crippen LogP contribution in [0, 0.1) is 5.82 Å². The van der Waals surface area contributed by atoms with Gasteiger partial charge in [0.1, 0.15) is 36.2 Å². The summed E-state index contributed by atoms with van der Waals surface area (Å²) in [7, 11) is 5.34. The summed E-state index contributed by atoms with van der Waals surface area (Å²) in [6, 6.07) is 14.9. The molecule has 5 aromatic rings. The lowest BCUT2D eigenvalue weighted by Crippen LogP contribution is -2.43. The van der Waals surface area contributed by atoms with E-state index in [0.29, 0.717) is 52.1 Å². The number of piperazine rings is 1. The van der Waals surface area contributed by atoms with Crippen molar-refractivity contribution in [3.05, 3.63) is 84.1 Å². The third-order valence-electron chi connectivity index (χ3n) is 7.88. The first-order valence-corrected chi connectivity index (χ1v) is 15.2. The monoisotopic (exact) mass is 627 g/mol. The lowest BCUT2D eigenvalue weighted by Gasteiger charge is -2.32. The average Bonchev–Trinajstić information content (AvgIpc) is 3.50. The molecule has 1 aliphatic rings. The van der Waals surface area contributed by atoms with Crippen LogP contribution in [0.25, 0.3) is 22.2 Å². The molecule has 0 bridgehead atoms. The predicted octanol–water partition coefficient (Wildman–Crippen LogP) is 5.26. The second-order valence-electron chi connectivity index (χ2n) is 11.2. The molecule has 46 heavy (non-hydrogen) atoms. The van der Waals surface area contributed by atoms with Gasteiger partial charge in [-0.3, -0.25) is 9.88 Å². The van der Waals surface area contributed by atoms with E-state index in [4.69, 9.17) is 18.9 Å². The smallest absolute Gasteiger partial charge is 0.232 e. The van der Waals surface area contributed by atoms with Crippen LogP contribution in [0.15, 0.2) is 67.1 Å². The van der Waals surface area contributed by atoms with E-state index in [-0.39, 0.29) is 13.2 Å². The number of rotatable bonds is 13. The molecule has 0 atom stereocenters. The van der Waals surface area contributed by atoms with Gasteiger partial charge in [-0.1, -0.05) is 12.1 Å². The van der Waals surface area contributed by atoms with Crippen molar-refractivity contribution in [3.8, 4) is 28.5 Å². The van der Waals surface area contributed by atoms with Gasteiger partial charge in [-0.15, -0.1) is 0 Å². The first kappa shape index (κ1) is 31.2. The van der Waals surface area contributed by atoms with Crippen molar-refractivity contribution in [2.75, 3.05) is 66.0 Å². The number of pyridine rings is 1. The number of benzene rings is 2. The highest BCUT2D eigenvalue weighted by Gasteiger charge is 2.20. The van der Waals surface area contributed by atoms with Crippen molar-refractivity contribution in [2.24, 2.45) is 0 Å². The van der Waals surface area contributed by atoms with E-state index in [1.54, 1.807) is 44.9 Å². The molecule has 6 rings (SSSR count). The number of aromatic amines is 1. The van der Waals surface area contributed by atoms with Gasteiger partial charge in [0.2, 0.25) is 11.8 Å². The van der Waals surface area contributed by atoms with Crippen LogP contribution in [0.3, 0.4) is 0 Å². The minimum atomic E-state index is -0.455. The van der Waals surface area contributed by atoms with Crippen molar-refractivity contribution >= 4 is 22.7 Å². The number of H-pyrrole nitrogens is 1. The Hall–Kier alpha value is -4.78. The molecule has 0 spiro atoms. The minimum absolute atomic E-state index is 0.218. The lowest BCUT2D eigenvalue weighted by molar-refractivity contribution is 0.144. The van der Waals surface area contributed by atoms with E-state index in [9.17, 15) is 0 Å². The molecule has 3 aromatic heterocycles. The van der Waals surface area contributed by atoms with Crippen LogP contribution in [0.5, 0.6) is 17.4 Å². The first-order valence-electron chi connectivity index (χ1n) is 15.2. The predicted molar refractivity (Wildman–Crippen MR) is 174 cm³/mol. The first-order chi connectivity index (χ1) is 22.5. The number of likely N-dealkylation sites (N-methyl/N-ethyl adjacent to an activating group) is 1. The van der Waals surface area contributed by atoms with Crippen LogP contribution < -0.4 is 19.5 Å². The zero-order chi connectivity index (χ0) is 31.9. The minimum Gasteiger partial charge on any atom is -0.495 e. The van der Waals surface area contributed by atoms with Gasteiger partial charge in [0.25, 0.3) is 0 Å². The fraction of sp³-hybridized carbons (Fsp3) is 0.324. The van der Waals surface area contributed by atoms with E-state index >= 15 is 4.39 Å². The molecule has 240 valence electrons. The fourth-order valence-corrected chi connectivity index (χ4v) is 5.31. The lowest BCUT2D eigenvalue weighted by atomic mass is 10.1. The van der Waals surface area contributed by atoms with E-state index in [1.807, 2.05) is 18.2 Å². The molecule has 1 saturated heterocycles. The van der Waals surface area contributed by atoms with E-state index < -0.39 is 5.82 Å². The summed E-state index contributed by atoms with van der Waals surface area (Å²) in [6.07, 6.45) is 5.00. The van der Waals surface area contributed by atoms with Gasteiger partial charge in [-0.25, -0.2) is 4.39 Å². The summed E-state index contributed by atoms with van der Waals surface area (Å²) >= 11 is 0. The van der Waals surface area contributed by atoms with Gasteiger partial charge in [0.05, 0.1) is 25.3 Å². The number of methoxy groups -OCH3 is 2. The molecule has 1 fully saturated rings. The highest BCUT2D eigenvalue weighted by atomic mass is 19.1. The summed E-state index contributed by atoms with van der Waals surface area (Å²) in [5, 5.41) is 3.86. The number of hydrogen-bond acceptors (Lipinski definition) is 10. The number of hydrogen-bond donors (Lipinski definition) is 2. The van der Waals surface area contributed by atoms with Gasteiger partial charge >= 0.3 is 0 Å². The number of fused-ring (bicyclic) bond motifs is 1. The summed E-state index contributed by atoms with van der Waals surface area (Å²) < 4.78 is 37.8. The van der Waals surface area contributed by atoms with E-state index in [0.717, 1.165) is 44.0 Å². The molecule has 0 saturated carbocycles. The van der Waals surface area contributed by atoms with Gasteiger partial charge in [0.15, 0.2) is 0 Å². The maximum atomic E-state index is 15.5. The molecule has 11 nitrogen and oxygen atoms in total. The van der Waals surface area contributed by atoms with Crippen LogP contribution in [0.1, 0.15) is 11.1 Å². The van der Waals surface area contributed by atoms with Crippen molar-refractivity contribution in [1.82, 2.24) is 29.7 Å². The highest BCUT2D eigenvalue weighted by Crippen LogP contribution is 2.37. The molecule has 0 radical (unpaired) electrons. The van der Waals surface area contributed by atoms with Gasteiger partial charge in [-0.2, -0.15) is 9.97 Å². The average molecular weight is 628 g/mol. The van der Waals surface area contributed by atoms with Crippen molar-refractivity contribution in [3.63, 3.8) is 0 Å². The van der Waals surface area contributed by atoms with Crippen molar-refractivity contribution < 1.29 is 23.3 Å². The Kier molecular flexibility index (Phi) is 9.87. The summed E-state index contributed by atoms with van der Waals surface area (Å²) in [5.41, 5.74) is 4.35. The second kappa shape index (κ2) is 14.5. The molecule has 0 amide bonds. The Balaban J connectivity index is 1.20. The topological polar surface area (TPSA) is 110 Å². The molecule has 0 aliphatic carbocycles. The molecule has 12 heteroatoms. The Bertz CT molecular complexity index is 1760. The number of nitrogens with zero attached hydrogens (tertiary/aromatic N) is 5. The van der Waals surface area contributed by atoms with Crippen LogP contribution in [0.2, 0.25) is 0 Å².